The Hall–Kier alpha value is -4.46. The first kappa shape index (κ1) is 29.5. The van der Waals surface area contributed by atoms with Crippen LogP contribution in [0.5, 0.6) is 0 Å². The first-order valence-corrected chi connectivity index (χ1v) is 13.8. The number of allylic oxidation sites excluding steroid dienone is 3. The van der Waals surface area contributed by atoms with Crippen LogP contribution in [0.1, 0.15) is 51.2 Å². The highest BCUT2D eigenvalue weighted by molar-refractivity contribution is 5.96. The van der Waals surface area contributed by atoms with Gasteiger partial charge in [-0.25, -0.2) is 4.39 Å². The standard InChI is InChI=1S/C33H37FN4O3/c1-6-22(2)23(3)24(4)41-17-9-13-33(40)38-16-8-11-30-29(10-7-12-32(30)38)27-19-35-37(21-27)20-26-18-28(36-25(5)39)14-15-31(26)34/h6-7,10,12,14-15,18-19,21H,1,4,8-9,11,13,16-17,20H2,2-3,5H3,(H,36,39)/b23-22-. The second-order valence-electron chi connectivity index (χ2n) is 10.3. The van der Waals surface area contributed by atoms with E-state index < -0.39 is 0 Å². The minimum atomic E-state index is -0.365. The van der Waals surface area contributed by atoms with Gasteiger partial charge in [-0.05, 0) is 79.6 Å². The molecular formula is C33H37FN4O3. The average molecular weight is 557 g/mol. The highest BCUT2D eigenvalue weighted by Gasteiger charge is 2.25. The number of nitrogens with zero attached hydrogens (tertiary/aromatic N) is 3. The fraction of sp³-hybridized carbons (Fsp3) is 0.303. The van der Waals surface area contributed by atoms with Crippen molar-refractivity contribution in [2.45, 2.75) is 53.0 Å². The molecule has 0 radical (unpaired) electrons. The minimum absolute atomic E-state index is 0.0667. The summed E-state index contributed by atoms with van der Waals surface area (Å²) >= 11 is 0. The summed E-state index contributed by atoms with van der Waals surface area (Å²) in [6, 6.07) is 10.5. The van der Waals surface area contributed by atoms with Gasteiger partial charge in [0.15, 0.2) is 0 Å². The molecule has 0 bridgehead atoms. The Kier molecular flexibility index (Phi) is 9.55. The van der Waals surface area contributed by atoms with Gasteiger partial charge in [-0.2, -0.15) is 5.10 Å². The number of hydrogen-bond acceptors (Lipinski definition) is 4. The lowest BCUT2D eigenvalue weighted by atomic mass is 9.93. The summed E-state index contributed by atoms with van der Waals surface area (Å²) in [5, 5.41) is 7.15. The minimum Gasteiger partial charge on any atom is -0.494 e. The van der Waals surface area contributed by atoms with Crippen LogP contribution in [-0.2, 0) is 27.3 Å². The van der Waals surface area contributed by atoms with Crippen molar-refractivity contribution in [3.05, 3.63) is 102 Å². The predicted octanol–water partition coefficient (Wildman–Crippen LogP) is 6.81. The maximum absolute atomic E-state index is 14.5. The highest BCUT2D eigenvalue weighted by Crippen LogP contribution is 2.36. The first-order chi connectivity index (χ1) is 19.7. The first-order valence-electron chi connectivity index (χ1n) is 13.8. The molecule has 3 aromatic rings. The number of carbonyl (C=O) groups is 2. The Balaban J connectivity index is 1.44. The van der Waals surface area contributed by atoms with Crippen LogP contribution in [0.2, 0.25) is 0 Å². The van der Waals surface area contributed by atoms with Crippen molar-refractivity contribution in [3.8, 4) is 11.1 Å². The molecule has 0 saturated carbocycles. The number of hydrogen-bond donors (Lipinski definition) is 1. The molecule has 2 aromatic carbocycles. The van der Waals surface area contributed by atoms with E-state index in [1.807, 2.05) is 43.1 Å². The van der Waals surface area contributed by atoms with E-state index in [4.69, 9.17) is 4.74 Å². The Morgan fingerprint density at radius 2 is 2.00 bits per heavy atom. The SMILES string of the molecule is C=C/C(C)=C(/C)C(=C)OCCCC(=O)N1CCCc2c(-c3cnn(Cc4cc(NC(C)=O)ccc4F)c3)cccc21. The van der Waals surface area contributed by atoms with E-state index in [1.165, 1.54) is 19.1 Å². The monoisotopic (exact) mass is 556 g/mol. The molecule has 214 valence electrons. The molecule has 0 aliphatic carbocycles. The van der Waals surface area contributed by atoms with Crippen LogP contribution in [0.3, 0.4) is 0 Å². The molecule has 8 heteroatoms. The number of aromatic nitrogens is 2. The highest BCUT2D eigenvalue weighted by atomic mass is 19.1. The number of rotatable bonds is 11. The van der Waals surface area contributed by atoms with Gasteiger partial charge in [0, 0.05) is 48.6 Å². The smallest absolute Gasteiger partial charge is 0.227 e. The Bertz CT molecular complexity index is 1500. The van der Waals surface area contributed by atoms with Crippen molar-refractivity contribution < 1.29 is 18.7 Å². The van der Waals surface area contributed by atoms with Crippen LogP contribution in [0.25, 0.3) is 11.1 Å². The Labute approximate surface area is 241 Å². The number of nitrogens with one attached hydrogen (secondary N) is 1. The van der Waals surface area contributed by atoms with Gasteiger partial charge in [-0.1, -0.05) is 31.4 Å². The molecule has 1 N–H and O–H groups in total. The number of anilines is 2. The van der Waals surface area contributed by atoms with E-state index in [9.17, 15) is 14.0 Å². The molecule has 41 heavy (non-hydrogen) atoms. The molecule has 0 saturated heterocycles. The molecule has 7 nitrogen and oxygen atoms in total. The number of amides is 2. The third-order valence-corrected chi connectivity index (χ3v) is 7.32. The van der Waals surface area contributed by atoms with E-state index in [-0.39, 0.29) is 24.2 Å². The number of carbonyl (C=O) groups excluding carboxylic acids is 2. The molecule has 0 spiro atoms. The molecule has 1 aromatic heterocycles. The second kappa shape index (κ2) is 13.3. The van der Waals surface area contributed by atoms with Crippen LogP contribution in [0.15, 0.2) is 84.9 Å². The Morgan fingerprint density at radius 3 is 2.76 bits per heavy atom. The molecule has 2 amide bonds. The van der Waals surface area contributed by atoms with Crippen molar-refractivity contribution in [2.24, 2.45) is 0 Å². The fourth-order valence-electron chi connectivity index (χ4n) is 4.93. The third kappa shape index (κ3) is 7.20. The van der Waals surface area contributed by atoms with E-state index >= 15 is 0 Å². The normalized spacial score (nSPS) is 13.2. The van der Waals surface area contributed by atoms with Crippen molar-refractivity contribution in [1.82, 2.24) is 9.78 Å². The van der Waals surface area contributed by atoms with Crippen LogP contribution in [-0.4, -0.2) is 34.7 Å². The number of ether oxygens (including phenoxy) is 1. The van der Waals surface area contributed by atoms with Crippen LogP contribution in [0, 0.1) is 5.82 Å². The van der Waals surface area contributed by atoms with E-state index in [0.717, 1.165) is 46.4 Å². The lowest BCUT2D eigenvalue weighted by molar-refractivity contribution is -0.119. The molecule has 4 rings (SSSR count). The number of fused-ring (bicyclic) bond motifs is 1. The van der Waals surface area contributed by atoms with Crippen molar-refractivity contribution in [2.75, 3.05) is 23.4 Å². The largest absolute Gasteiger partial charge is 0.494 e. The van der Waals surface area contributed by atoms with Gasteiger partial charge >= 0.3 is 0 Å². The van der Waals surface area contributed by atoms with Crippen molar-refractivity contribution in [1.29, 1.82) is 0 Å². The summed E-state index contributed by atoms with van der Waals surface area (Å²) in [7, 11) is 0. The summed E-state index contributed by atoms with van der Waals surface area (Å²) < 4.78 is 21.9. The number of halogens is 1. The fourth-order valence-corrected chi connectivity index (χ4v) is 4.93. The summed E-state index contributed by atoms with van der Waals surface area (Å²) in [4.78, 5) is 26.5. The molecular weight excluding hydrogens is 519 g/mol. The van der Waals surface area contributed by atoms with Crippen LogP contribution >= 0.6 is 0 Å². The maximum Gasteiger partial charge on any atom is 0.227 e. The molecule has 1 aliphatic rings. The van der Waals surface area contributed by atoms with Crippen LogP contribution < -0.4 is 10.2 Å². The molecule has 0 unspecified atom stereocenters. The lowest BCUT2D eigenvalue weighted by Crippen LogP contribution is -2.35. The summed E-state index contributed by atoms with van der Waals surface area (Å²) in [5.41, 5.74) is 6.87. The van der Waals surface area contributed by atoms with Gasteiger partial charge in [0.1, 0.15) is 11.6 Å². The molecule has 0 fully saturated rings. The Morgan fingerprint density at radius 1 is 1.20 bits per heavy atom. The quantitative estimate of drug-likeness (QED) is 0.160. The van der Waals surface area contributed by atoms with E-state index in [2.05, 4.69) is 23.6 Å². The van der Waals surface area contributed by atoms with Gasteiger partial charge in [-0.15, -0.1) is 0 Å². The zero-order valence-electron chi connectivity index (χ0n) is 24.0. The summed E-state index contributed by atoms with van der Waals surface area (Å²) in [6.07, 6.45) is 8.11. The zero-order chi connectivity index (χ0) is 29.5. The summed E-state index contributed by atoms with van der Waals surface area (Å²) in [5.74, 6) is 0.0885. The third-order valence-electron chi connectivity index (χ3n) is 7.32. The zero-order valence-corrected chi connectivity index (χ0v) is 24.0. The topological polar surface area (TPSA) is 76.5 Å². The van der Waals surface area contributed by atoms with Gasteiger partial charge in [0.25, 0.3) is 0 Å². The maximum atomic E-state index is 14.5. The average Bonchev–Trinajstić information content (AvgIpc) is 3.43. The van der Waals surface area contributed by atoms with Gasteiger partial charge in [-0.3, -0.25) is 14.3 Å². The van der Waals surface area contributed by atoms with Gasteiger partial charge in [0.2, 0.25) is 11.8 Å². The number of benzene rings is 2. The molecule has 0 atom stereocenters. The second-order valence-corrected chi connectivity index (χ2v) is 10.3. The predicted molar refractivity (Wildman–Crippen MR) is 161 cm³/mol. The van der Waals surface area contributed by atoms with Gasteiger partial charge < -0.3 is 15.0 Å². The molecule has 2 heterocycles. The lowest BCUT2D eigenvalue weighted by Gasteiger charge is -2.31. The molecule has 1 aliphatic heterocycles. The van der Waals surface area contributed by atoms with E-state index in [1.54, 1.807) is 23.0 Å². The van der Waals surface area contributed by atoms with E-state index in [0.29, 0.717) is 43.0 Å². The van der Waals surface area contributed by atoms with Crippen molar-refractivity contribution >= 4 is 23.2 Å². The van der Waals surface area contributed by atoms with Gasteiger partial charge in [0.05, 0.1) is 19.3 Å². The van der Waals surface area contributed by atoms with Crippen LogP contribution in [0.4, 0.5) is 15.8 Å². The summed E-state index contributed by atoms with van der Waals surface area (Å²) in [6.45, 7) is 14.4. The van der Waals surface area contributed by atoms with Crippen molar-refractivity contribution in [3.63, 3.8) is 0 Å².